The van der Waals surface area contributed by atoms with Gasteiger partial charge < -0.3 is 0 Å². The van der Waals surface area contributed by atoms with Crippen LogP contribution in [-0.4, -0.2) is 11.0 Å². The predicted octanol–water partition coefficient (Wildman–Crippen LogP) is 4.15. The predicted molar refractivity (Wildman–Crippen MR) is 65.1 cm³/mol. The van der Waals surface area contributed by atoms with Crippen LogP contribution in [0.1, 0.15) is 31.1 Å². The molecule has 0 atom stereocenters. The zero-order valence-electron chi connectivity index (χ0n) is 8.50. The quantitative estimate of drug-likeness (QED) is 0.607. The van der Waals surface area contributed by atoms with Gasteiger partial charge in [-0.15, -0.1) is 11.8 Å². The van der Waals surface area contributed by atoms with Gasteiger partial charge in [-0.1, -0.05) is 19.9 Å². The maximum atomic E-state index is 11.1. The van der Waals surface area contributed by atoms with Gasteiger partial charge in [-0.05, 0) is 35.0 Å². The molecule has 0 unspecified atom stereocenters. The van der Waals surface area contributed by atoms with Gasteiger partial charge in [0.1, 0.15) is 0 Å². The second-order valence-electron chi connectivity index (χ2n) is 3.37. The van der Waals surface area contributed by atoms with Crippen LogP contribution in [0, 0.1) is 0 Å². The molecule has 0 saturated heterocycles. The van der Waals surface area contributed by atoms with Crippen LogP contribution in [0.25, 0.3) is 0 Å². The third-order valence-electron chi connectivity index (χ3n) is 1.70. The van der Waals surface area contributed by atoms with Gasteiger partial charge in [-0.2, -0.15) is 0 Å². The maximum absolute atomic E-state index is 11.1. The van der Waals surface area contributed by atoms with Gasteiger partial charge >= 0.3 is 0 Å². The number of Topliss-reactive ketones (excluding diaryl/α,β-unsaturated/α-hetero) is 1. The lowest BCUT2D eigenvalue weighted by Crippen LogP contribution is -1.93. The Labute approximate surface area is 97.4 Å². The zero-order valence-corrected chi connectivity index (χ0v) is 10.9. The first-order chi connectivity index (χ1) is 6.50. The summed E-state index contributed by atoms with van der Waals surface area (Å²) in [6.07, 6.45) is 0. The average Bonchev–Trinajstić information content (AvgIpc) is 2.07. The summed E-state index contributed by atoms with van der Waals surface area (Å²) in [6.45, 7) is 5.88. The molecule has 14 heavy (non-hydrogen) atoms. The van der Waals surface area contributed by atoms with Gasteiger partial charge in [0.15, 0.2) is 5.78 Å². The van der Waals surface area contributed by atoms with Gasteiger partial charge in [-0.3, -0.25) is 4.79 Å². The summed E-state index contributed by atoms with van der Waals surface area (Å²) in [6, 6.07) is 5.75. The van der Waals surface area contributed by atoms with Crippen molar-refractivity contribution in [2.75, 3.05) is 0 Å². The molecule has 0 bridgehead atoms. The first-order valence-corrected chi connectivity index (χ1v) is 6.15. The molecule has 0 fully saturated rings. The van der Waals surface area contributed by atoms with E-state index in [4.69, 9.17) is 0 Å². The van der Waals surface area contributed by atoms with Crippen LogP contribution in [0.15, 0.2) is 27.6 Å². The lowest BCUT2D eigenvalue weighted by Gasteiger charge is -2.07. The minimum atomic E-state index is 0.104. The highest BCUT2D eigenvalue weighted by molar-refractivity contribution is 9.10. The number of carbonyl (C=O) groups excluding carboxylic acids is 1. The molecule has 1 rings (SSSR count). The Bertz CT molecular complexity index is 347. The molecule has 0 spiro atoms. The van der Waals surface area contributed by atoms with Crippen molar-refractivity contribution in [1.82, 2.24) is 0 Å². The second kappa shape index (κ2) is 4.99. The molecule has 0 radical (unpaired) electrons. The van der Waals surface area contributed by atoms with Gasteiger partial charge in [0.25, 0.3) is 0 Å². The van der Waals surface area contributed by atoms with Crippen LogP contribution < -0.4 is 0 Å². The fourth-order valence-electron chi connectivity index (χ4n) is 1.07. The Morgan fingerprint density at radius 1 is 1.43 bits per heavy atom. The van der Waals surface area contributed by atoms with Crippen LogP contribution in [0.3, 0.4) is 0 Å². The first kappa shape index (κ1) is 11.8. The summed E-state index contributed by atoms with van der Waals surface area (Å²) in [5, 5.41) is 0.550. The molecule has 0 saturated carbocycles. The molecule has 0 amide bonds. The number of ketones is 1. The fourth-order valence-corrected chi connectivity index (χ4v) is 2.55. The van der Waals surface area contributed by atoms with E-state index in [2.05, 4.69) is 29.8 Å². The van der Waals surface area contributed by atoms with E-state index in [1.165, 1.54) is 4.90 Å². The fraction of sp³-hybridized carbons (Fsp3) is 0.364. The number of hydrogen-bond acceptors (Lipinski definition) is 2. The average molecular weight is 273 g/mol. The van der Waals surface area contributed by atoms with Crippen LogP contribution in [0.2, 0.25) is 0 Å². The molecular formula is C11H13BrOS. The molecule has 1 aromatic carbocycles. The highest BCUT2D eigenvalue weighted by Crippen LogP contribution is 2.31. The summed E-state index contributed by atoms with van der Waals surface area (Å²) < 4.78 is 1.00. The van der Waals surface area contributed by atoms with E-state index in [1.54, 1.807) is 18.7 Å². The van der Waals surface area contributed by atoms with E-state index in [0.717, 1.165) is 10.0 Å². The Morgan fingerprint density at radius 3 is 2.50 bits per heavy atom. The molecule has 0 heterocycles. The van der Waals surface area contributed by atoms with E-state index in [-0.39, 0.29) is 5.78 Å². The SMILES string of the molecule is CC(=O)c1ccc(SC(C)C)c(Br)c1. The Morgan fingerprint density at radius 2 is 2.07 bits per heavy atom. The summed E-state index contributed by atoms with van der Waals surface area (Å²) in [5.74, 6) is 0.104. The standard InChI is InChI=1S/C11H13BrOS/c1-7(2)14-11-5-4-9(8(3)13)6-10(11)12/h4-7H,1-3H3. The van der Waals surface area contributed by atoms with Gasteiger partial charge in [-0.25, -0.2) is 0 Å². The molecule has 0 N–H and O–H groups in total. The van der Waals surface area contributed by atoms with Crippen molar-refractivity contribution < 1.29 is 4.79 Å². The molecule has 0 aliphatic carbocycles. The topological polar surface area (TPSA) is 17.1 Å². The number of halogens is 1. The monoisotopic (exact) mass is 272 g/mol. The smallest absolute Gasteiger partial charge is 0.159 e. The maximum Gasteiger partial charge on any atom is 0.159 e. The lowest BCUT2D eigenvalue weighted by atomic mass is 10.2. The number of thioether (sulfide) groups is 1. The van der Waals surface area contributed by atoms with E-state index in [9.17, 15) is 4.79 Å². The van der Waals surface area contributed by atoms with E-state index in [1.807, 2.05) is 18.2 Å². The second-order valence-corrected chi connectivity index (χ2v) is 5.84. The van der Waals surface area contributed by atoms with Crippen molar-refractivity contribution in [3.05, 3.63) is 28.2 Å². The molecule has 0 aliphatic heterocycles. The van der Waals surface area contributed by atoms with E-state index in [0.29, 0.717) is 5.25 Å². The molecule has 0 aromatic heterocycles. The van der Waals surface area contributed by atoms with E-state index < -0.39 is 0 Å². The van der Waals surface area contributed by atoms with Crippen LogP contribution in [-0.2, 0) is 0 Å². The normalized spacial score (nSPS) is 10.6. The molecular weight excluding hydrogens is 260 g/mol. The molecule has 1 nitrogen and oxygen atoms in total. The number of rotatable bonds is 3. The van der Waals surface area contributed by atoms with Gasteiger partial charge in [0.2, 0.25) is 0 Å². The minimum absolute atomic E-state index is 0.104. The van der Waals surface area contributed by atoms with Crippen molar-refractivity contribution in [3.63, 3.8) is 0 Å². The van der Waals surface area contributed by atoms with Crippen molar-refractivity contribution in [2.45, 2.75) is 30.9 Å². The summed E-state index contributed by atoms with van der Waals surface area (Å²) in [5.41, 5.74) is 0.755. The van der Waals surface area contributed by atoms with Crippen molar-refractivity contribution in [2.24, 2.45) is 0 Å². The third kappa shape index (κ3) is 3.14. The summed E-state index contributed by atoms with van der Waals surface area (Å²) in [7, 11) is 0. The highest BCUT2D eigenvalue weighted by atomic mass is 79.9. The largest absolute Gasteiger partial charge is 0.295 e. The summed E-state index contributed by atoms with van der Waals surface area (Å²) in [4.78, 5) is 12.3. The van der Waals surface area contributed by atoms with Crippen LogP contribution in [0.4, 0.5) is 0 Å². The Hall–Kier alpha value is -0.280. The Balaban J connectivity index is 2.95. The minimum Gasteiger partial charge on any atom is -0.295 e. The van der Waals surface area contributed by atoms with Crippen molar-refractivity contribution >= 4 is 33.5 Å². The highest BCUT2D eigenvalue weighted by Gasteiger charge is 2.06. The third-order valence-corrected chi connectivity index (χ3v) is 3.70. The first-order valence-electron chi connectivity index (χ1n) is 4.48. The number of carbonyl (C=O) groups is 1. The molecule has 1 aromatic rings. The molecule has 76 valence electrons. The number of benzene rings is 1. The van der Waals surface area contributed by atoms with E-state index >= 15 is 0 Å². The van der Waals surface area contributed by atoms with Crippen molar-refractivity contribution in [1.29, 1.82) is 0 Å². The van der Waals surface area contributed by atoms with Gasteiger partial charge in [0, 0.05) is 20.2 Å². The van der Waals surface area contributed by atoms with Crippen LogP contribution in [0.5, 0.6) is 0 Å². The lowest BCUT2D eigenvalue weighted by molar-refractivity contribution is 0.101. The number of hydrogen-bond donors (Lipinski definition) is 0. The Kier molecular flexibility index (Phi) is 4.20. The molecule has 3 heteroatoms. The van der Waals surface area contributed by atoms with Gasteiger partial charge in [0.05, 0.1) is 0 Å². The summed E-state index contributed by atoms with van der Waals surface area (Å²) >= 11 is 5.26. The zero-order chi connectivity index (χ0) is 10.7. The van der Waals surface area contributed by atoms with Crippen LogP contribution >= 0.6 is 27.7 Å². The molecule has 0 aliphatic rings. The van der Waals surface area contributed by atoms with Crippen molar-refractivity contribution in [3.8, 4) is 0 Å².